The topological polar surface area (TPSA) is 75.5 Å². The van der Waals surface area contributed by atoms with Crippen LogP contribution in [-0.2, 0) is 10.5 Å². The van der Waals surface area contributed by atoms with Gasteiger partial charge in [0.05, 0.1) is 11.4 Å². The third-order valence-electron chi connectivity index (χ3n) is 4.07. The number of fused-ring (bicyclic) bond motifs is 1. The molecule has 0 spiro atoms. The first-order chi connectivity index (χ1) is 14.2. The summed E-state index contributed by atoms with van der Waals surface area (Å²) in [6.07, 6.45) is 1.71. The predicted octanol–water partition coefficient (Wildman–Crippen LogP) is 4.37. The molecule has 29 heavy (non-hydrogen) atoms. The molecule has 0 aliphatic carbocycles. The number of carbonyl (C=O) groups is 1. The van der Waals surface area contributed by atoms with Gasteiger partial charge in [-0.1, -0.05) is 18.2 Å². The van der Waals surface area contributed by atoms with Crippen LogP contribution >= 0.6 is 23.1 Å². The van der Waals surface area contributed by atoms with E-state index in [1.165, 1.54) is 33.6 Å². The van der Waals surface area contributed by atoms with Gasteiger partial charge in [-0.3, -0.25) is 14.0 Å². The number of anilines is 3. The first-order valence-electron chi connectivity index (χ1n) is 8.93. The molecule has 2 aromatic carbocycles. The normalized spacial score (nSPS) is 10.8. The minimum atomic E-state index is -0.0968. The maximum atomic E-state index is 12.2. The van der Waals surface area contributed by atoms with Gasteiger partial charge in [0.25, 0.3) is 5.56 Å². The fourth-order valence-electron chi connectivity index (χ4n) is 2.73. The highest BCUT2D eigenvalue weighted by molar-refractivity contribution is 7.99. The maximum absolute atomic E-state index is 12.2. The fourth-order valence-corrected chi connectivity index (χ4v) is 4.19. The van der Waals surface area contributed by atoms with E-state index in [-0.39, 0.29) is 17.2 Å². The Morgan fingerprint density at radius 1 is 1.03 bits per heavy atom. The molecule has 4 aromatic rings. The summed E-state index contributed by atoms with van der Waals surface area (Å²) in [6.45, 7) is 0. The van der Waals surface area contributed by atoms with E-state index in [1.54, 1.807) is 6.20 Å². The zero-order valence-electron chi connectivity index (χ0n) is 15.4. The molecule has 0 fully saturated rings. The summed E-state index contributed by atoms with van der Waals surface area (Å²) in [5.41, 5.74) is 3.29. The van der Waals surface area contributed by atoms with Crippen LogP contribution in [0.3, 0.4) is 0 Å². The summed E-state index contributed by atoms with van der Waals surface area (Å²) >= 11 is 2.84. The number of amides is 1. The standard InChI is InChI=1S/C21H18N4O2S2/c26-19(14-28-13-18-12-20(27)25-10-11-29-21(25)24-18)23-17-8-6-16(7-9-17)22-15-4-2-1-3-5-15/h1-12,22H,13-14H2,(H,23,26). The third-order valence-corrected chi connectivity index (χ3v) is 5.79. The molecule has 0 radical (unpaired) electrons. The second-order valence-corrected chi connectivity index (χ2v) is 8.11. The summed E-state index contributed by atoms with van der Waals surface area (Å²) in [7, 11) is 0. The molecule has 2 heterocycles. The Labute approximate surface area is 175 Å². The number of thioether (sulfide) groups is 1. The van der Waals surface area contributed by atoms with Crippen molar-refractivity contribution in [3.63, 3.8) is 0 Å². The van der Waals surface area contributed by atoms with Crippen LogP contribution in [0.2, 0.25) is 0 Å². The van der Waals surface area contributed by atoms with Crippen LogP contribution in [0, 0.1) is 0 Å². The Balaban J connectivity index is 1.27. The van der Waals surface area contributed by atoms with E-state index >= 15 is 0 Å². The first-order valence-corrected chi connectivity index (χ1v) is 11.0. The Kier molecular flexibility index (Phi) is 5.92. The summed E-state index contributed by atoms with van der Waals surface area (Å²) in [5.74, 6) is 0.708. The van der Waals surface area contributed by atoms with Crippen molar-refractivity contribution in [2.75, 3.05) is 16.4 Å². The molecule has 0 aliphatic rings. The first kappa shape index (κ1) is 19.2. The number of carbonyl (C=O) groups excluding carboxylic acids is 1. The SMILES string of the molecule is O=C(CSCc1cc(=O)n2ccsc2n1)Nc1ccc(Nc2ccccc2)cc1. The lowest BCUT2D eigenvalue weighted by atomic mass is 10.2. The van der Waals surface area contributed by atoms with Crippen LogP contribution in [0.1, 0.15) is 5.69 Å². The van der Waals surface area contributed by atoms with Gasteiger partial charge in [0, 0.05) is 40.5 Å². The summed E-state index contributed by atoms with van der Waals surface area (Å²) < 4.78 is 1.52. The van der Waals surface area contributed by atoms with Gasteiger partial charge in [-0.2, -0.15) is 0 Å². The maximum Gasteiger partial charge on any atom is 0.258 e. The van der Waals surface area contributed by atoms with E-state index in [0.29, 0.717) is 16.4 Å². The quantitative estimate of drug-likeness (QED) is 0.463. The van der Waals surface area contributed by atoms with E-state index in [0.717, 1.165) is 17.1 Å². The number of hydrogen-bond donors (Lipinski definition) is 2. The van der Waals surface area contributed by atoms with Crippen molar-refractivity contribution in [2.24, 2.45) is 0 Å². The van der Waals surface area contributed by atoms with Crippen molar-refractivity contribution in [2.45, 2.75) is 5.75 Å². The second kappa shape index (κ2) is 8.93. The van der Waals surface area contributed by atoms with Gasteiger partial charge in [0.15, 0.2) is 4.96 Å². The third kappa shape index (κ3) is 5.04. The average Bonchev–Trinajstić information content (AvgIpc) is 3.20. The lowest BCUT2D eigenvalue weighted by Crippen LogP contribution is -2.15. The molecule has 0 atom stereocenters. The minimum absolute atomic E-state index is 0.0901. The molecule has 146 valence electrons. The largest absolute Gasteiger partial charge is 0.356 e. The Bertz CT molecular complexity index is 1170. The molecule has 6 nitrogen and oxygen atoms in total. The molecular formula is C21H18N4O2S2. The highest BCUT2D eigenvalue weighted by Gasteiger charge is 2.07. The highest BCUT2D eigenvalue weighted by atomic mass is 32.2. The van der Waals surface area contributed by atoms with E-state index in [1.807, 2.05) is 60.0 Å². The summed E-state index contributed by atoms with van der Waals surface area (Å²) in [6, 6.07) is 19.0. The number of aromatic nitrogens is 2. The van der Waals surface area contributed by atoms with Crippen molar-refractivity contribution in [1.29, 1.82) is 0 Å². The molecule has 4 rings (SSSR count). The summed E-state index contributed by atoms with van der Waals surface area (Å²) in [4.78, 5) is 29.3. The molecule has 0 bridgehead atoms. The van der Waals surface area contributed by atoms with Gasteiger partial charge in [0.2, 0.25) is 5.91 Å². The average molecular weight is 423 g/mol. The monoisotopic (exact) mass is 422 g/mol. The van der Waals surface area contributed by atoms with Crippen LogP contribution in [0.15, 0.2) is 77.0 Å². The second-order valence-electron chi connectivity index (χ2n) is 6.25. The van der Waals surface area contributed by atoms with E-state index < -0.39 is 0 Å². The number of para-hydroxylation sites is 1. The van der Waals surface area contributed by atoms with Crippen molar-refractivity contribution >= 4 is 51.0 Å². The smallest absolute Gasteiger partial charge is 0.258 e. The number of nitrogens with zero attached hydrogens (tertiary/aromatic N) is 2. The molecule has 2 N–H and O–H groups in total. The van der Waals surface area contributed by atoms with Crippen molar-refractivity contribution in [3.8, 4) is 0 Å². The molecule has 1 amide bonds. The minimum Gasteiger partial charge on any atom is -0.356 e. The molecule has 0 saturated carbocycles. The van der Waals surface area contributed by atoms with Crippen LogP contribution in [0.25, 0.3) is 4.96 Å². The van der Waals surface area contributed by atoms with Crippen LogP contribution < -0.4 is 16.2 Å². The van der Waals surface area contributed by atoms with Gasteiger partial charge in [-0.05, 0) is 36.4 Å². The van der Waals surface area contributed by atoms with Crippen LogP contribution in [0.5, 0.6) is 0 Å². The molecule has 8 heteroatoms. The Hall–Kier alpha value is -3.10. The van der Waals surface area contributed by atoms with Gasteiger partial charge in [-0.25, -0.2) is 4.98 Å². The molecule has 2 aromatic heterocycles. The van der Waals surface area contributed by atoms with Gasteiger partial charge < -0.3 is 10.6 Å². The predicted molar refractivity (Wildman–Crippen MR) is 120 cm³/mol. The number of benzene rings is 2. The van der Waals surface area contributed by atoms with Crippen molar-refractivity contribution < 1.29 is 4.79 Å². The fraction of sp³-hybridized carbons (Fsp3) is 0.0952. The zero-order valence-corrected chi connectivity index (χ0v) is 17.0. The van der Waals surface area contributed by atoms with Crippen molar-refractivity contribution in [3.05, 3.63) is 88.3 Å². The van der Waals surface area contributed by atoms with Gasteiger partial charge >= 0.3 is 0 Å². The molecule has 0 unspecified atom stereocenters. The Morgan fingerprint density at radius 3 is 2.55 bits per heavy atom. The lowest BCUT2D eigenvalue weighted by Gasteiger charge is -2.08. The number of hydrogen-bond acceptors (Lipinski definition) is 6. The number of nitrogens with one attached hydrogen (secondary N) is 2. The Morgan fingerprint density at radius 2 is 1.76 bits per heavy atom. The van der Waals surface area contributed by atoms with Crippen LogP contribution in [0.4, 0.5) is 17.1 Å². The molecule has 0 saturated heterocycles. The van der Waals surface area contributed by atoms with Crippen molar-refractivity contribution in [1.82, 2.24) is 9.38 Å². The molecule has 0 aliphatic heterocycles. The number of rotatable bonds is 7. The summed E-state index contributed by atoms with van der Waals surface area (Å²) in [5, 5.41) is 8.01. The van der Waals surface area contributed by atoms with E-state index in [2.05, 4.69) is 15.6 Å². The zero-order chi connectivity index (χ0) is 20.1. The van der Waals surface area contributed by atoms with E-state index in [9.17, 15) is 9.59 Å². The highest BCUT2D eigenvalue weighted by Crippen LogP contribution is 2.19. The molecular weight excluding hydrogens is 404 g/mol. The van der Waals surface area contributed by atoms with Crippen LogP contribution in [-0.4, -0.2) is 21.0 Å². The van der Waals surface area contributed by atoms with Gasteiger partial charge in [0.1, 0.15) is 0 Å². The lowest BCUT2D eigenvalue weighted by molar-refractivity contribution is -0.113. The van der Waals surface area contributed by atoms with E-state index in [4.69, 9.17) is 0 Å². The van der Waals surface area contributed by atoms with Gasteiger partial charge in [-0.15, -0.1) is 23.1 Å². The number of thiazole rings is 1.